The van der Waals surface area contributed by atoms with Crippen LogP contribution in [0, 0.1) is 11.8 Å². The van der Waals surface area contributed by atoms with Crippen molar-refractivity contribution in [2.24, 2.45) is 11.8 Å². The van der Waals surface area contributed by atoms with Gasteiger partial charge in [-0.3, -0.25) is 9.59 Å². The van der Waals surface area contributed by atoms with Crippen molar-refractivity contribution in [1.29, 1.82) is 0 Å². The van der Waals surface area contributed by atoms with Gasteiger partial charge in [-0.05, 0) is 98.9 Å². The maximum absolute atomic E-state index is 13.1. The zero-order valence-electron chi connectivity index (χ0n) is 22.9. The van der Waals surface area contributed by atoms with Crippen molar-refractivity contribution in [3.05, 3.63) is 89.2 Å². The number of aromatic nitrogens is 1. The Morgan fingerprint density at radius 3 is 2.34 bits per heavy atom. The summed E-state index contributed by atoms with van der Waals surface area (Å²) in [6, 6.07) is 18.4. The Morgan fingerprint density at radius 1 is 0.895 bits per heavy atom. The summed E-state index contributed by atoms with van der Waals surface area (Å²) in [5, 5.41) is 3.31. The van der Waals surface area contributed by atoms with Gasteiger partial charge in [0.05, 0.1) is 11.3 Å². The number of benzene rings is 2. The van der Waals surface area contributed by atoms with E-state index in [1.807, 2.05) is 73.3 Å². The molecule has 5 nitrogen and oxygen atoms in total. The Morgan fingerprint density at radius 2 is 1.61 bits per heavy atom. The molecule has 5 heteroatoms. The van der Waals surface area contributed by atoms with Gasteiger partial charge in [0.1, 0.15) is 0 Å². The predicted molar refractivity (Wildman–Crippen MR) is 153 cm³/mol. The lowest BCUT2D eigenvalue weighted by molar-refractivity contribution is 0.0917. The Bertz CT molecular complexity index is 1240. The summed E-state index contributed by atoms with van der Waals surface area (Å²) in [7, 11) is 0. The summed E-state index contributed by atoms with van der Waals surface area (Å²) in [5.41, 5.74) is 5.28. The second-order valence-electron chi connectivity index (χ2n) is 11.4. The molecule has 1 N–H and O–H groups in total. The van der Waals surface area contributed by atoms with Crippen molar-refractivity contribution in [1.82, 2.24) is 14.8 Å². The molecule has 1 aliphatic carbocycles. The number of ketones is 1. The molecule has 1 amide bonds. The van der Waals surface area contributed by atoms with E-state index in [9.17, 15) is 9.59 Å². The highest BCUT2D eigenvalue weighted by atomic mass is 16.1. The van der Waals surface area contributed by atoms with Gasteiger partial charge >= 0.3 is 0 Å². The van der Waals surface area contributed by atoms with Crippen LogP contribution in [-0.4, -0.2) is 46.8 Å². The Balaban J connectivity index is 1.08. The highest BCUT2D eigenvalue weighted by Gasteiger charge is 2.25. The van der Waals surface area contributed by atoms with Gasteiger partial charge in [-0.25, -0.2) is 0 Å². The molecule has 2 aromatic carbocycles. The van der Waals surface area contributed by atoms with Crippen LogP contribution in [0.25, 0.3) is 5.69 Å². The van der Waals surface area contributed by atoms with Gasteiger partial charge in [0.2, 0.25) is 0 Å². The maximum atomic E-state index is 13.1. The van der Waals surface area contributed by atoms with Gasteiger partial charge in [-0.15, -0.1) is 0 Å². The minimum absolute atomic E-state index is 0.0279. The second kappa shape index (κ2) is 12.1. The zero-order chi connectivity index (χ0) is 26.5. The molecule has 1 fully saturated rings. The lowest BCUT2D eigenvalue weighted by atomic mass is 9.84. The molecular formula is C33H41N3O2. The quantitative estimate of drug-likeness (QED) is 0.372. The van der Waals surface area contributed by atoms with E-state index in [1.165, 1.54) is 30.4 Å². The molecule has 0 unspecified atom stereocenters. The first-order valence-electron chi connectivity index (χ1n) is 14.4. The van der Waals surface area contributed by atoms with Crippen molar-refractivity contribution in [3.8, 4) is 5.69 Å². The Labute approximate surface area is 227 Å². The topological polar surface area (TPSA) is 54.3 Å². The van der Waals surface area contributed by atoms with E-state index in [4.69, 9.17) is 0 Å². The van der Waals surface area contributed by atoms with Gasteiger partial charge in [-0.1, -0.05) is 38.1 Å². The monoisotopic (exact) mass is 511 g/mol. The minimum atomic E-state index is 0.0279. The van der Waals surface area contributed by atoms with Crippen LogP contribution in [-0.2, 0) is 12.8 Å². The first-order chi connectivity index (χ1) is 18.5. The predicted octanol–water partition coefficient (Wildman–Crippen LogP) is 6.10. The van der Waals surface area contributed by atoms with Crippen molar-refractivity contribution < 1.29 is 9.59 Å². The van der Waals surface area contributed by atoms with Gasteiger partial charge in [-0.2, -0.15) is 0 Å². The largest absolute Gasteiger partial charge is 0.349 e. The van der Waals surface area contributed by atoms with Crippen LogP contribution in [0.2, 0.25) is 0 Å². The third kappa shape index (κ3) is 6.27. The van der Waals surface area contributed by atoms with Crippen LogP contribution in [0.5, 0.6) is 0 Å². The number of hydrogen-bond donors (Lipinski definition) is 1. The molecule has 1 saturated carbocycles. The Hall–Kier alpha value is -3.18. The molecular weight excluding hydrogens is 470 g/mol. The summed E-state index contributed by atoms with van der Waals surface area (Å²) < 4.78 is 2.00. The van der Waals surface area contributed by atoms with E-state index >= 15 is 0 Å². The number of rotatable bonds is 8. The van der Waals surface area contributed by atoms with E-state index in [0.717, 1.165) is 68.0 Å². The lowest BCUT2D eigenvalue weighted by Crippen LogP contribution is -2.38. The molecule has 38 heavy (non-hydrogen) atoms. The van der Waals surface area contributed by atoms with E-state index < -0.39 is 0 Å². The fourth-order valence-corrected chi connectivity index (χ4v) is 6.09. The number of carbonyl (C=O) groups is 2. The number of nitrogens with zero attached hydrogens (tertiary/aromatic N) is 2. The molecule has 200 valence electrons. The summed E-state index contributed by atoms with van der Waals surface area (Å²) >= 11 is 0. The molecule has 2 aliphatic rings. The van der Waals surface area contributed by atoms with Gasteiger partial charge in [0, 0.05) is 43.0 Å². The molecule has 5 rings (SSSR count). The zero-order valence-corrected chi connectivity index (χ0v) is 22.9. The molecule has 0 atom stereocenters. The first kappa shape index (κ1) is 26.4. The molecule has 0 radical (unpaired) electrons. The minimum Gasteiger partial charge on any atom is -0.349 e. The average Bonchev–Trinajstić information content (AvgIpc) is 3.40. The number of hydrogen-bond acceptors (Lipinski definition) is 3. The van der Waals surface area contributed by atoms with Crippen molar-refractivity contribution >= 4 is 11.7 Å². The number of Topliss-reactive ketones (excluding diaryl/α,β-unsaturated/α-hetero) is 1. The molecule has 0 spiro atoms. The summed E-state index contributed by atoms with van der Waals surface area (Å²) in [6.45, 7) is 7.25. The second-order valence-corrected chi connectivity index (χ2v) is 11.4. The van der Waals surface area contributed by atoms with Crippen molar-refractivity contribution in [3.63, 3.8) is 0 Å². The number of carbonyl (C=O) groups excluding carboxylic acids is 2. The standard InChI is InChI=1S/C33H41N3O2/c1-24(2)32(37)28-12-11-26-16-21-35(22-17-27(26)23-28)20-15-25-9-13-29(14-10-25)34-33(38)30-7-3-4-8-31(30)36-18-5-6-19-36/h3-8,11-12,18-19,23-25,29H,9-10,13-17,20-22H2,1-2H3,(H,34,38). The number of para-hydroxylation sites is 1. The van der Waals surface area contributed by atoms with Crippen LogP contribution < -0.4 is 5.32 Å². The number of fused-ring (bicyclic) bond motifs is 1. The lowest BCUT2D eigenvalue weighted by Gasteiger charge is -2.31. The molecule has 0 bridgehead atoms. The summed E-state index contributed by atoms with van der Waals surface area (Å²) in [6.07, 6.45) is 11.7. The van der Waals surface area contributed by atoms with E-state index in [2.05, 4.69) is 22.3 Å². The maximum Gasteiger partial charge on any atom is 0.253 e. The normalized spacial score (nSPS) is 20.1. The third-order valence-corrected chi connectivity index (χ3v) is 8.48. The van der Waals surface area contributed by atoms with Crippen LogP contribution in [0.4, 0.5) is 0 Å². The average molecular weight is 512 g/mol. The fraction of sp³-hybridized carbons (Fsp3) is 0.455. The van der Waals surface area contributed by atoms with Crippen LogP contribution >= 0.6 is 0 Å². The third-order valence-electron chi connectivity index (χ3n) is 8.48. The van der Waals surface area contributed by atoms with E-state index in [0.29, 0.717) is 0 Å². The highest BCUT2D eigenvalue weighted by Crippen LogP contribution is 2.28. The number of nitrogens with one attached hydrogen (secondary N) is 1. The highest BCUT2D eigenvalue weighted by molar-refractivity contribution is 5.98. The van der Waals surface area contributed by atoms with E-state index in [-0.39, 0.29) is 23.7 Å². The van der Waals surface area contributed by atoms with Crippen LogP contribution in [0.3, 0.4) is 0 Å². The molecule has 2 heterocycles. The van der Waals surface area contributed by atoms with Crippen LogP contribution in [0.1, 0.15) is 77.8 Å². The molecule has 3 aromatic rings. The van der Waals surface area contributed by atoms with Crippen molar-refractivity contribution in [2.75, 3.05) is 19.6 Å². The molecule has 1 aromatic heterocycles. The molecule has 1 aliphatic heterocycles. The fourth-order valence-electron chi connectivity index (χ4n) is 6.09. The summed E-state index contributed by atoms with van der Waals surface area (Å²) in [4.78, 5) is 28.2. The van der Waals surface area contributed by atoms with Crippen LogP contribution in [0.15, 0.2) is 67.0 Å². The smallest absolute Gasteiger partial charge is 0.253 e. The Kier molecular flexibility index (Phi) is 8.43. The number of amides is 1. The first-order valence-corrected chi connectivity index (χ1v) is 14.4. The van der Waals surface area contributed by atoms with Gasteiger partial charge in [0.15, 0.2) is 5.78 Å². The van der Waals surface area contributed by atoms with Gasteiger partial charge in [0.25, 0.3) is 5.91 Å². The van der Waals surface area contributed by atoms with Crippen molar-refractivity contribution in [2.45, 2.75) is 64.8 Å². The molecule has 0 saturated heterocycles. The van der Waals surface area contributed by atoms with E-state index in [1.54, 1.807) is 0 Å². The van der Waals surface area contributed by atoms with Gasteiger partial charge < -0.3 is 14.8 Å². The summed E-state index contributed by atoms with van der Waals surface area (Å²) in [5.74, 6) is 1.04. The SMILES string of the molecule is CC(C)C(=O)c1ccc2c(c1)CCN(CCC1CCC(NC(=O)c3ccccc3-n3cccc3)CC1)CC2.